The summed E-state index contributed by atoms with van der Waals surface area (Å²) in [6, 6.07) is 11.6. The van der Waals surface area contributed by atoms with Crippen LogP contribution in [0.4, 0.5) is 15.8 Å². The van der Waals surface area contributed by atoms with Crippen LogP contribution in [0.2, 0.25) is 0 Å². The molecule has 1 heterocycles. The predicted molar refractivity (Wildman–Crippen MR) is 105 cm³/mol. The summed E-state index contributed by atoms with van der Waals surface area (Å²) in [4.78, 5) is 13.8. The molecule has 0 spiro atoms. The zero-order chi connectivity index (χ0) is 19.6. The van der Waals surface area contributed by atoms with Gasteiger partial charge < -0.3 is 20.3 Å². The smallest absolute Gasteiger partial charge is 0.221 e. The van der Waals surface area contributed by atoms with E-state index in [-0.39, 0.29) is 11.7 Å². The lowest BCUT2D eigenvalue weighted by atomic mass is 10.2. The van der Waals surface area contributed by atoms with Crippen molar-refractivity contribution < 1.29 is 18.1 Å². The van der Waals surface area contributed by atoms with Gasteiger partial charge in [-0.2, -0.15) is 4.21 Å². The quantitative estimate of drug-likeness (QED) is 0.835. The van der Waals surface area contributed by atoms with Gasteiger partial charge in [0.1, 0.15) is 11.6 Å². The van der Waals surface area contributed by atoms with Crippen molar-refractivity contribution in [2.45, 2.75) is 13.3 Å². The molecule has 0 bridgehead atoms. The third-order valence-corrected chi connectivity index (χ3v) is 4.00. The van der Waals surface area contributed by atoms with Crippen molar-refractivity contribution in [1.82, 2.24) is 5.32 Å². The Labute approximate surface area is 163 Å². The predicted octanol–water partition coefficient (Wildman–Crippen LogP) is 3.04. The van der Waals surface area contributed by atoms with Gasteiger partial charge in [-0.25, -0.2) is 4.39 Å². The molecule has 27 heavy (non-hydrogen) atoms. The summed E-state index contributed by atoms with van der Waals surface area (Å²) in [5, 5.41) is 6.17. The molecule has 144 valence electrons. The van der Waals surface area contributed by atoms with E-state index in [4.69, 9.17) is 8.95 Å². The topological polar surface area (TPSA) is 70.7 Å². The maximum Gasteiger partial charge on any atom is 0.221 e. The van der Waals surface area contributed by atoms with Crippen LogP contribution in [0, 0.1) is 5.82 Å². The first kappa shape index (κ1) is 20.7. The number of hydrogen-bond acceptors (Lipinski definition) is 6. The van der Waals surface area contributed by atoms with Crippen LogP contribution in [0.15, 0.2) is 42.5 Å². The van der Waals surface area contributed by atoms with E-state index in [2.05, 4.69) is 28.1 Å². The molecule has 0 radical (unpaired) electrons. The Morgan fingerprint density at radius 2 is 2.00 bits per heavy atom. The first-order chi connectivity index (χ1) is 13.1. The second kappa shape index (κ2) is 10.5. The average molecular weight is 391 g/mol. The maximum atomic E-state index is 13.4. The van der Waals surface area contributed by atoms with Crippen molar-refractivity contribution in [2.75, 3.05) is 36.4 Å². The molecule has 0 saturated carbocycles. The molecule has 6 nitrogen and oxygen atoms in total. The van der Waals surface area contributed by atoms with Gasteiger partial charge in [0.05, 0.1) is 5.69 Å². The number of nitrogens with zero attached hydrogens (tertiary/aromatic N) is 1. The van der Waals surface area contributed by atoms with Gasteiger partial charge in [0.2, 0.25) is 5.91 Å². The maximum absolute atomic E-state index is 13.4. The van der Waals surface area contributed by atoms with E-state index in [9.17, 15) is 9.18 Å². The lowest BCUT2D eigenvalue weighted by molar-refractivity contribution is -0.114. The van der Waals surface area contributed by atoms with Gasteiger partial charge in [0.15, 0.2) is 18.3 Å². The standard InChI is InChI=1S/C19H22FN3O2.OS/c1-14(24)22-18-13-16(23-10-3-8-21-9-11-23)6-7-19(18)25-17-5-2-4-15(20)12-17;1-2/h2,4-7,12-13,21H,3,8-11H2,1H3,(H,22,24);. The van der Waals surface area contributed by atoms with Gasteiger partial charge in [-0.05, 0) is 43.3 Å². The molecule has 8 heteroatoms. The van der Waals surface area contributed by atoms with Crippen LogP contribution in [0.25, 0.3) is 0 Å². The third kappa shape index (κ3) is 6.26. The monoisotopic (exact) mass is 391 g/mol. The molecule has 1 aliphatic heterocycles. The Morgan fingerprint density at radius 1 is 1.19 bits per heavy atom. The summed E-state index contributed by atoms with van der Waals surface area (Å²) in [5.74, 6) is 0.321. The number of anilines is 2. The van der Waals surface area contributed by atoms with Crippen LogP contribution in [-0.2, 0) is 17.3 Å². The number of rotatable bonds is 4. The van der Waals surface area contributed by atoms with E-state index >= 15 is 0 Å². The molecule has 1 saturated heterocycles. The number of hydrogen-bond donors (Lipinski definition) is 2. The van der Waals surface area contributed by atoms with Gasteiger partial charge in [-0.15, -0.1) is 0 Å². The summed E-state index contributed by atoms with van der Waals surface area (Å²) in [6.07, 6.45) is 1.07. The first-order valence-electron chi connectivity index (χ1n) is 8.59. The number of halogens is 1. The van der Waals surface area contributed by atoms with Crippen molar-refractivity contribution >= 4 is 29.8 Å². The van der Waals surface area contributed by atoms with Gasteiger partial charge >= 0.3 is 0 Å². The van der Waals surface area contributed by atoms with Crippen molar-refractivity contribution in [3.8, 4) is 11.5 Å². The van der Waals surface area contributed by atoms with Crippen molar-refractivity contribution in [1.29, 1.82) is 0 Å². The molecule has 2 aromatic rings. The molecule has 1 aliphatic rings. The van der Waals surface area contributed by atoms with E-state index in [1.165, 1.54) is 19.1 Å². The summed E-state index contributed by atoms with van der Waals surface area (Å²) >= 11 is 2.83. The van der Waals surface area contributed by atoms with Gasteiger partial charge in [0, 0.05) is 38.3 Å². The number of ether oxygens (including phenoxy) is 1. The molecular formula is C19H22FN3O3S. The SMILES string of the molecule is CC(=O)Nc1cc(N2CCCNCC2)ccc1Oc1cccc(F)c1.O=S. The van der Waals surface area contributed by atoms with E-state index in [1.54, 1.807) is 12.1 Å². The van der Waals surface area contributed by atoms with Crippen LogP contribution in [-0.4, -0.2) is 36.3 Å². The Morgan fingerprint density at radius 3 is 2.74 bits per heavy atom. The minimum Gasteiger partial charge on any atom is -0.455 e. The fourth-order valence-corrected chi connectivity index (χ4v) is 2.85. The second-order valence-electron chi connectivity index (χ2n) is 6.01. The zero-order valence-corrected chi connectivity index (χ0v) is 15.9. The zero-order valence-electron chi connectivity index (χ0n) is 15.0. The number of nitrogens with one attached hydrogen (secondary N) is 2. The summed E-state index contributed by atoms with van der Waals surface area (Å²) in [6.45, 7) is 5.25. The highest BCUT2D eigenvalue weighted by molar-refractivity contribution is 7.44. The summed E-state index contributed by atoms with van der Waals surface area (Å²) < 4.78 is 27.0. The lowest BCUT2D eigenvalue weighted by Gasteiger charge is -2.24. The minimum atomic E-state index is -0.368. The van der Waals surface area contributed by atoms with Crippen LogP contribution in [0.1, 0.15) is 13.3 Å². The van der Waals surface area contributed by atoms with Gasteiger partial charge in [-0.3, -0.25) is 4.79 Å². The molecule has 2 N–H and O–H groups in total. The number of carbonyl (C=O) groups excluding carboxylic acids is 1. The third-order valence-electron chi connectivity index (χ3n) is 4.00. The Kier molecular flexibility index (Phi) is 8.09. The minimum absolute atomic E-state index is 0.182. The van der Waals surface area contributed by atoms with Crippen LogP contribution in [0.3, 0.4) is 0 Å². The molecule has 2 aromatic carbocycles. The Balaban J connectivity index is 0.00000126. The Hall–Kier alpha value is -2.58. The number of benzene rings is 2. The fraction of sp³-hybridized carbons (Fsp3) is 0.316. The van der Waals surface area contributed by atoms with E-state index in [0.29, 0.717) is 17.2 Å². The molecule has 0 unspecified atom stereocenters. The Bertz CT molecular complexity index is 768. The van der Waals surface area contributed by atoms with Crippen molar-refractivity contribution in [3.63, 3.8) is 0 Å². The van der Waals surface area contributed by atoms with Crippen molar-refractivity contribution in [3.05, 3.63) is 48.3 Å². The molecule has 1 amide bonds. The fourth-order valence-electron chi connectivity index (χ4n) is 2.85. The molecule has 0 aliphatic carbocycles. The van der Waals surface area contributed by atoms with E-state index in [0.717, 1.165) is 38.3 Å². The van der Waals surface area contributed by atoms with Gasteiger partial charge in [0.25, 0.3) is 0 Å². The molecule has 1 fully saturated rings. The lowest BCUT2D eigenvalue weighted by Crippen LogP contribution is -2.27. The van der Waals surface area contributed by atoms with Gasteiger partial charge in [-0.1, -0.05) is 6.07 Å². The first-order valence-corrected chi connectivity index (χ1v) is 8.92. The summed E-state index contributed by atoms with van der Waals surface area (Å²) in [5.41, 5.74) is 1.60. The van der Waals surface area contributed by atoms with Crippen LogP contribution >= 0.6 is 0 Å². The number of carbonyl (C=O) groups is 1. The van der Waals surface area contributed by atoms with E-state index < -0.39 is 0 Å². The highest BCUT2D eigenvalue weighted by Gasteiger charge is 2.14. The van der Waals surface area contributed by atoms with Crippen LogP contribution in [0.5, 0.6) is 11.5 Å². The molecule has 3 rings (SSSR count). The molecule has 0 atom stereocenters. The van der Waals surface area contributed by atoms with Crippen molar-refractivity contribution in [2.24, 2.45) is 0 Å². The number of amides is 1. The summed E-state index contributed by atoms with van der Waals surface area (Å²) in [7, 11) is 0. The largest absolute Gasteiger partial charge is 0.455 e. The normalized spacial score (nSPS) is 13.8. The highest BCUT2D eigenvalue weighted by atomic mass is 32.1. The highest BCUT2D eigenvalue weighted by Crippen LogP contribution is 2.33. The molecule has 0 aromatic heterocycles. The average Bonchev–Trinajstić information content (AvgIpc) is 2.94. The molecular weight excluding hydrogens is 369 g/mol. The van der Waals surface area contributed by atoms with Crippen LogP contribution < -0.4 is 20.3 Å². The second-order valence-corrected chi connectivity index (χ2v) is 6.01. The van der Waals surface area contributed by atoms with E-state index in [1.807, 2.05) is 18.2 Å².